The lowest BCUT2D eigenvalue weighted by Crippen LogP contribution is -2.21. The lowest BCUT2D eigenvalue weighted by Gasteiger charge is -2.07. The fourth-order valence-corrected chi connectivity index (χ4v) is 0.802. The van der Waals surface area contributed by atoms with Gasteiger partial charge in [0.1, 0.15) is 0 Å². The van der Waals surface area contributed by atoms with Crippen LogP contribution < -0.4 is 5.32 Å². The van der Waals surface area contributed by atoms with Crippen LogP contribution >= 0.6 is 0 Å². The van der Waals surface area contributed by atoms with Gasteiger partial charge in [-0.05, 0) is 32.4 Å². The smallest absolute Gasteiger partial charge is 0.0549 e. The monoisotopic (exact) mass is 161 g/mol. The third-order valence-electron chi connectivity index (χ3n) is 1.64. The third kappa shape index (κ3) is 7.78. The van der Waals surface area contributed by atoms with Crippen molar-refractivity contribution in [3.63, 3.8) is 0 Å². The molecule has 0 bridgehead atoms. The highest BCUT2D eigenvalue weighted by molar-refractivity contribution is 4.55. The molecule has 0 spiro atoms. The van der Waals surface area contributed by atoms with E-state index in [2.05, 4.69) is 5.32 Å². The van der Waals surface area contributed by atoms with Crippen molar-refractivity contribution in [1.82, 2.24) is 5.32 Å². The Bertz CT molecular complexity index is 78.5. The minimum atomic E-state index is -0.170. The zero-order chi connectivity index (χ0) is 8.53. The number of aliphatic hydroxyl groups excluding tert-OH is 2. The molecule has 3 nitrogen and oxygen atoms in total. The molecule has 0 aromatic carbocycles. The van der Waals surface area contributed by atoms with Crippen molar-refractivity contribution in [2.24, 2.45) is 0 Å². The summed E-state index contributed by atoms with van der Waals surface area (Å²) in [5.74, 6) is 0. The van der Waals surface area contributed by atoms with E-state index in [4.69, 9.17) is 10.2 Å². The van der Waals surface area contributed by atoms with Gasteiger partial charge in [0.25, 0.3) is 0 Å². The first-order valence-corrected chi connectivity index (χ1v) is 4.31. The highest BCUT2D eigenvalue weighted by Crippen LogP contribution is 1.93. The van der Waals surface area contributed by atoms with Crippen LogP contribution in [0.4, 0.5) is 0 Å². The minimum Gasteiger partial charge on any atom is -0.396 e. The maximum atomic E-state index is 9.13. The molecule has 0 fully saturated rings. The van der Waals surface area contributed by atoms with Gasteiger partial charge in [-0.25, -0.2) is 0 Å². The van der Waals surface area contributed by atoms with Crippen LogP contribution in [0.2, 0.25) is 0 Å². The van der Waals surface area contributed by atoms with Gasteiger partial charge in [0.2, 0.25) is 0 Å². The summed E-state index contributed by atoms with van der Waals surface area (Å²) in [4.78, 5) is 0. The van der Waals surface area contributed by atoms with Crippen molar-refractivity contribution in [2.45, 2.75) is 32.3 Å². The molecule has 0 heterocycles. The average molecular weight is 161 g/mol. The molecule has 0 saturated carbocycles. The molecule has 0 aliphatic rings. The Hall–Kier alpha value is -0.120. The summed E-state index contributed by atoms with van der Waals surface area (Å²) in [6.07, 6.45) is 2.25. The van der Waals surface area contributed by atoms with Gasteiger partial charge in [0, 0.05) is 6.61 Å². The maximum absolute atomic E-state index is 9.13. The highest BCUT2D eigenvalue weighted by atomic mass is 16.3. The van der Waals surface area contributed by atoms with Gasteiger partial charge in [-0.15, -0.1) is 0 Å². The normalized spacial score (nSPS) is 13.4. The van der Waals surface area contributed by atoms with E-state index < -0.39 is 0 Å². The third-order valence-corrected chi connectivity index (χ3v) is 1.64. The Labute approximate surface area is 68.4 Å². The molecular formula is C8H19NO2. The molecule has 0 aliphatic heterocycles. The lowest BCUT2D eigenvalue weighted by atomic mass is 10.2. The van der Waals surface area contributed by atoms with Gasteiger partial charge < -0.3 is 15.5 Å². The highest BCUT2D eigenvalue weighted by Gasteiger charge is 1.97. The second kappa shape index (κ2) is 7.98. The Morgan fingerprint density at radius 2 is 2.09 bits per heavy atom. The SMILES string of the molecule is CCC(O)CCNCCCO. The first-order chi connectivity index (χ1) is 5.31. The van der Waals surface area contributed by atoms with Crippen molar-refractivity contribution in [3.8, 4) is 0 Å². The molecule has 0 radical (unpaired) electrons. The van der Waals surface area contributed by atoms with Crippen LogP contribution in [0.3, 0.4) is 0 Å². The standard InChI is InChI=1S/C8H19NO2/c1-2-8(11)4-6-9-5-3-7-10/h8-11H,2-7H2,1H3. The molecule has 0 aromatic rings. The largest absolute Gasteiger partial charge is 0.396 e. The fourth-order valence-electron chi connectivity index (χ4n) is 0.802. The summed E-state index contributed by atoms with van der Waals surface area (Å²) in [5, 5.41) is 20.7. The molecular weight excluding hydrogens is 142 g/mol. The Balaban J connectivity index is 2.89. The summed E-state index contributed by atoms with van der Waals surface area (Å²) in [6.45, 7) is 3.89. The van der Waals surface area contributed by atoms with Gasteiger partial charge in [0.05, 0.1) is 6.10 Å². The molecule has 68 valence electrons. The Morgan fingerprint density at radius 1 is 1.36 bits per heavy atom. The van der Waals surface area contributed by atoms with Crippen molar-refractivity contribution >= 4 is 0 Å². The molecule has 1 atom stereocenters. The van der Waals surface area contributed by atoms with Crippen LogP contribution in [0.1, 0.15) is 26.2 Å². The zero-order valence-corrected chi connectivity index (χ0v) is 7.21. The van der Waals surface area contributed by atoms with E-state index >= 15 is 0 Å². The van der Waals surface area contributed by atoms with Crippen molar-refractivity contribution < 1.29 is 10.2 Å². The first kappa shape index (κ1) is 10.9. The summed E-state index contributed by atoms with van der Waals surface area (Å²) in [7, 11) is 0. The van der Waals surface area contributed by atoms with Crippen LogP contribution in [-0.4, -0.2) is 36.0 Å². The van der Waals surface area contributed by atoms with E-state index in [1.807, 2.05) is 6.92 Å². The topological polar surface area (TPSA) is 52.5 Å². The predicted molar refractivity (Wildman–Crippen MR) is 45.5 cm³/mol. The van der Waals surface area contributed by atoms with Crippen LogP contribution in [0.15, 0.2) is 0 Å². The van der Waals surface area contributed by atoms with E-state index in [1.54, 1.807) is 0 Å². The van der Waals surface area contributed by atoms with Crippen molar-refractivity contribution in [3.05, 3.63) is 0 Å². The van der Waals surface area contributed by atoms with E-state index in [1.165, 1.54) is 0 Å². The second-order valence-corrected chi connectivity index (χ2v) is 2.68. The Morgan fingerprint density at radius 3 is 2.64 bits per heavy atom. The van der Waals surface area contributed by atoms with Gasteiger partial charge in [-0.3, -0.25) is 0 Å². The average Bonchev–Trinajstić information content (AvgIpc) is 2.04. The van der Waals surface area contributed by atoms with Gasteiger partial charge in [-0.2, -0.15) is 0 Å². The van der Waals surface area contributed by atoms with Crippen LogP contribution in [0, 0.1) is 0 Å². The molecule has 0 rings (SSSR count). The zero-order valence-electron chi connectivity index (χ0n) is 7.21. The minimum absolute atomic E-state index is 0.170. The molecule has 0 aromatic heterocycles. The number of aliphatic hydroxyl groups is 2. The summed E-state index contributed by atoms with van der Waals surface area (Å²) < 4.78 is 0. The molecule has 0 amide bonds. The lowest BCUT2D eigenvalue weighted by molar-refractivity contribution is 0.159. The number of hydrogen-bond donors (Lipinski definition) is 3. The first-order valence-electron chi connectivity index (χ1n) is 4.31. The van der Waals surface area contributed by atoms with E-state index in [9.17, 15) is 0 Å². The summed E-state index contributed by atoms with van der Waals surface area (Å²) >= 11 is 0. The van der Waals surface area contributed by atoms with E-state index in [0.717, 1.165) is 32.4 Å². The van der Waals surface area contributed by atoms with E-state index in [0.29, 0.717) is 0 Å². The molecule has 0 saturated heterocycles. The summed E-state index contributed by atoms with van der Waals surface area (Å²) in [6, 6.07) is 0. The van der Waals surface area contributed by atoms with Crippen LogP contribution in [0.25, 0.3) is 0 Å². The van der Waals surface area contributed by atoms with Crippen molar-refractivity contribution in [1.29, 1.82) is 0 Å². The fraction of sp³-hybridized carbons (Fsp3) is 1.00. The van der Waals surface area contributed by atoms with Gasteiger partial charge in [0.15, 0.2) is 0 Å². The van der Waals surface area contributed by atoms with Gasteiger partial charge >= 0.3 is 0 Å². The van der Waals surface area contributed by atoms with Crippen LogP contribution in [0.5, 0.6) is 0 Å². The number of rotatable bonds is 7. The molecule has 0 aliphatic carbocycles. The molecule has 1 unspecified atom stereocenters. The molecule has 3 heteroatoms. The van der Waals surface area contributed by atoms with Gasteiger partial charge in [-0.1, -0.05) is 6.92 Å². The van der Waals surface area contributed by atoms with Crippen molar-refractivity contribution in [2.75, 3.05) is 19.7 Å². The molecule has 11 heavy (non-hydrogen) atoms. The van der Waals surface area contributed by atoms with E-state index in [-0.39, 0.29) is 12.7 Å². The second-order valence-electron chi connectivity index (χ2n) is 2.68. The Kier molecular flexibility index (Phi) is 7.89. The predicted octanol–water partition coefficient (Wildman–Crippen LogP) is 0.119. The van der Waals surface area contributed by atoms with Crippen LogP contribution in [-0.2, 0) is 0 Å². The summed E-state index contributed by atoms with van der Waals surface area (Å²) in [5.41, 5.74) is 0. The number of nitrogens with one attached hydrogen (secondary N) is 1. The quantitative estimate of drug-likeness (QED) is 0.465. The number of hydrogen-bond acceptors (Lipinski definition) is 3. The maximum Gasteiger partial charge on any atom is 0.0549 e. The molecule has 3 N–H and O–H groups in total.